The summed E-state index contributed by atoms with van der Waals surface area (Å²) in [5.74, 6) is -1.95. The molecule has 0 aromatic heterocycles. The van der Waals surface area contributed by atoms with Crippen LogP contribution >= 0.6 is 12.4 Å². The molecule has 0 bridgehead atoms. The van der Waals surface area contributed by atoms with E-state index in [-0.39, 0.29) is 36.0 Å². The Bertz CT molecular complexity index is 701. The zero-order chi connectivity index (χ0) is 18.6. The lowest BCUT2D eigenvalue weighted by Crippen LogP contribution is -2.46. The van der Waals surface area contributed by atoms with E-state index >= 15 is 0 Å². The highest BCUT2D eigenvalue weighted by Gasteiger charge is 2.32. The van der Waals surface area contributed by atoms with Gasteiger partial charge in [0, 0.05) is 31.7 Å². The van der Waals surface area contributed by atoms with Crippen LogP contribution in [0.5, 0.6) is 0 Å². The summed E-state index contributed by atoms with van der Waals surface area (Å²) in [6, 6.07) is 1.90. The first kappa shape index (κ1) is 21.8. The molecular formula is C16H22ClFN4O4. The number of hydrogen-bond acceptors (Lipinski definition) is 5. The first-order valence-corrected chi connectivity index (χ1v) is 8.06. The monoisotopic (exact) mass is 388 g/mol. The minimum Gasteiger partial charge on any atom is -0.355 e. The normalized spacial score (nSPS) is 16.6. The molecule has 0 saturated carbocycles. The van der Waals surface area contributed by atoms with E-state index in [0.717, 1.165) is 12.1 Å². The molecular weight excluding hydrogens is 367 g/mol. The third-order valence-electron chi connectivity index (χ3n) is 4.20. The Kier molecular flexibility index (Phi) is 7.91. The number of piperidine rings is 1. The molecule has 10 heteroatoms. The number of carbonyl (C=O) groups excluding carboxylic acids is 2. The topological polar surface area (TPSA) is 119 Å². The van der Waals surface area contributed by atoms with Crippen molar-refractivity contribution in [1.29, 1.82) is 0 Å². The number of likely N-dealkylation sites (tertiary alicyclic amines) is 1. The predicted octanol–water partition coefficient (Wildman–Crippen LogP) is 1.39. The fourth-order valence-electron chi connectivity index (χ4n) is 3.03. The number of nitrogens with zero attached hydrogens (tertiary/aromatic N) is 2. The molecule has 1 saturated heterocycles. The van der Waals surface area contributed by atoms with Gasteiger partial charge in [0.05, 0.1) is 10.8 Å². The van der Waals surface area contributed by atoms with E-state index in [2.05, 4.69) is 5.32 Å². The van der Waals surface area contributed by atoms with E-state index in [1.807, 2.05) is 0 Å². The SMILES string of the molecule is Cc1cc(F)cc(C(=O)N2CCCC(C(=O)NCCN)C2)c1[N+](=O)[O-].Cl. The molecule has 0 spiro atoms. The van der Waals surface area contributed by atoms with Crippen LogP contribution in [-0.2, 0) is 4.79 Å². The maximum Gasteiger partial charge on any atom is 0.285 e. The second-order valence-electron chi connectivity index (χ2n) is 6.05. The summed E-state index contributed by atoms with van der Waals surface area (Å²) in [5.41, 5.74) is 4.75. The van der Waals surface area contributed by atoms with Gasteiger partial charge in [-0.2, -0.15) is 0 Å². The molecule has 2 rings (SSSR count). The van der Waals surface area contributed by atoms with E-state index in [1.165, 1.54) is 11.8 Å². The lowest BCUT2D eigenvalue weighted by atomic mass is 9.96. The minimum atomic E-state index is -0.708. The van der Waals surface area contributed by atoms with Crippen molar-refractivity contribution >= 4 is 29.9 Å². The molecule has 2 amide bonds. The van der Waals surface area contributed by atoms with Crippen molar-refractivity contribution in [3.8, 4) is 0 Å². The average Bonchev–Trinajstić information content (AvgIpc) is 2.57. The lowest BCUT2D eigenvalue weighted by Gasteiger charge is -2.32. The Balaban J connectivity index is 0.00000338. The number of rotatable bonds is 5. The van der Waals surface area contributed by atoms with Gasteiger partial charge in [-0.3, -0.25) is 19.7 Å². The third kappa shape index (κ3) is 4.89. The molecule has 1 heterocycles. The number of halogens is 2. The standard InChI is InChI=1S/C16H21FN4O4.ClH/c1-10-7-12(17)8-13(14(10)21(24)25)16(23)20-6-2-3-11(9-20)15(22)19-5-4-18;/h7-8,11H,2-6,9,18H2,1H3,(H,19,22);1H. The predicted molar refractivity (Wildman–Crippen MR) is 95.7 cm³/mol. The molecule has 0 aliphatic carbocycles. The number of nitro groups is 1. The smallest absolute Gasteiger partial charge is 0.285 e. The van der Waals surface area contributed by atoms with Crippen LogP contribution < -0.4 is 11.1 Å². The maximum absolute atomic E-state index is 13.7. The molecule has 3 N–H and O–H groups in total. The van der Waals surface area contributed by atoms with Crippen molar-refractivity contribution in [2.75, 3.05) is 26.2 Å². The Morgan fingerprint density at radius 2 is 2.15 bits per heavy atom. The van der Waals surface area contributed by atoms with Gasteiger partial charge >= 0.3 is 0 Å². The van der Waals surface area contributed by atoms with Crippen molar-refractivity contribution in [1.82, 2.24) is 10.2 Å². The number of benzene rings is 1. The van der Waals surface area contributed by atoms with E-state index in [0.29, 0.717) is 32.5 Å². The van der Waals surface area contributed by atoms with Crippen LogP contribution in [-0.4, -0.2) is 47.8 Å². The van der Waals surface area contributed by atoms with Crippen molar-refractivity contribution in [3.63, 3.8) is 0 Å². The van der Waals surface area contributed by atoms with Crippen LogP contribution in [0.15, 0.2) is 12.1 Å². The van der Waals surface area contributed by atoms with Gasteiger partial charge in [0.1, 0.15) is 11.4 Å². The molecule has 1 aliphatic heterocycles. The van der Waals surface area contributed by atoms with E-state index in [9.17, 15) is 24.1 Å². The summed E-state index contributed by atoms with van der Waals surface area (Å²) in [6.45, 7) is 2.55. The first-order valence-electron chi connectivity index (χ1n) is 8.06. The fraction of sp³-hybridized carbons (Fsp3) is 0.500. The number of aryl methyl sites for hydroxylation is 1. The molecule has 1 unspecified atom stereocenters. The van der Waals surface area contributed by atoms with Gasteiger partial charge < -0.3 is 16.0 Å². The largest absolute Gasteiger partial charge is 0.355 e. The van der Waals surface area contributed by atoms with Crippen molar-refractivity contribution in [3.05, 3.63) is 39.2 Å². The summed E-state index contributed by atoms with van der Waals surface area (Å²) < 4.78 is 13.7. The third-order valence-corrected chi connectivity index (χ3v) is 4.20. The van der Waals surface area contributed by atoms with Crippen LogP contribution in [0.3, 0.4) is 0 Å². The van der Waals surface area contributed by atoms with Gasteiger partial charge in [0.25, 0.3) is 11.6 Å². The van der Waals surface area contributed by atoms with Crippen LogP contribution in [0, 0.1) is 28.8 Å². The average molecular weight is 389 g/mol. The Hall–Kier alpha value is -2.26. The van der Waals surface area contributed by atoms with Gasteiger partial charge in [0.15, 0.2) is 0 Å². The molecule has 144 valence electrons. The number of amides is 2. The lowest BCUT2D eigenvalue weighted by molar-refractivity contribution is -0.385. The Labute approximate surface area is 156 Å². The summed E-state index contributed by atoms with van der Waals surface area (Å²) >= 11 is 0. The highest BCUT2D eigenvalue weighted by molar-refractivity contribution is 5.99. The van der Waals surface area contributed by atoms with Crippen LogP contribution in [0.4, 0.5) is 10.1 Å². The van der Waals surface area contributed by atoms with Gasteiger partial charge in [-0.25, -0.2) is 4.39 Å². The van der Waals surface area contributed by atoms with E-state index < -0.39 is 28.3 Å². The van der Waals surface area contributed by atoms with Crippen LogP contribution in [0.2, 0.25) is 0 Å². The first-order chi connectivity index (χ1) is 11.8. The number of nitrogens with one attached hydrogen (secondary N) is 1. The Morgan fingerprint density at radius 3 is 2.77 bits per heavy atom. The number of nitrogens with two attached hydrogens (primary N) is 1. The van der Waals surface area contributed by atoms with Gasteiger partial charge in [0.2, 0.25) is 5.91 Å². The second kappa shape index (κ2) is 9.44. The zero-order valence-electron chi connectivity index (χ0n) is 14.4. The number of nitro benzene ring substituents is 1. The molecule has 1 aromatic rings. The molecule has 1 fully saturated rings. The Morgan fingerprint density at radius 1 is 1.46 bits per heavy atom. The molecule has 8 nitrogen and oxygen atoms in total. The van der Waals surface area contributed by atoms with Gasteiger partial charge in [-0.05, 0) is 31.9 Å². The summed E-state index contributed by atoms with van der Waals surface area (Å²) in [4.78, 5) is 36.7. The molecule has 1 atom stereocenters. The highest BCUT2D eigenvalue weighted by atomic mass is 35.5. The molecule has 26 heavy (non-hydrogen) atoms. The molecule has 0 radical (unpaired) electrons. The fourth-order valence-corrected chi connectivity index (χ4v) is 3.03. The van der Waals surface area contributed by atoms with Crippen LogP contribution in [0.1, 0.15) is 28.8 Å². The molecule has 1 aliphatic rings. The van der Waals surface area contributed by atoms with Crippen molar-refractivity contribution in [2.45, 2.75) is 19.8 Å². The van der Waals surface area contributed by atoms with Gasteiger partial charge in [-0.15, -0.1) is 12.4 Å². The quantitative estimate of drug-likeness (QED) is 0.583. The minimum absolute atomic E-state index is 0. The summed E-state index contributed by atoms with van der Waals surface area (Å²) in [5, 5.41) is 13.9. The number of hydrogen-bond donors (Lipinski definition) is 2. The van der Waals surface area contributed by atoms with Gasteiger partial charge in [-0.1, -0.05) is 0 Å². The second-order valence-corrected chi connectivity index (χ2v) is 6.05. The number of carbonyl (C=O) groups is 2. The summed E-state index contributed by atoms with van der Waals surface area (Å²) in [6.07, 6.45) is 1.21. The highest BCUT2D eigenvalue weighted by Crippen LogP contribution is 2.28. The summed E-state index contributed by atoms with van der Waals surface area (Å²) in [7, 11) is 0. The van der Waals surface area contributed by atoms with E-state index in [4.69, 9.17) is 5.73 Å². The van der Waals surface area contributed by atoms with Crippen molar-refractivity contribution < 1.29 is 18.9 Å². The molecule has 1 aromatic carbocycles. The maximum atomic E-state index is 13.7. The zero-order valence-corrected chi connectivity index (χ0v) is 15.2. The van der Waals surface area contributed by atoms with Crippen LogP contribution in [0.25, 0.3) is 0 Å². The van der Waals surface area contributed by atoms with E-state index in [1.54, 1.807) is 0 Å². The van der Waals surface area contributed by atoms with Crippen molar-refractivity contribution in [2.24, 2.45) is 11.7 Å².